The van der Waals surface area contributed by atoms with Crippen LogP contribution in [0.5, 0.6) is 28.7 Å². The molecule has 0 aliphatic rings. The molecule has 0 aliphatic heterocycles. The number of nitrogens with two attached hydrogens (primary N) is 1. The molecule has 36 heavy (non-hydrogen) atoms. The Balaban J connectivity index is 1.85. The molecule has 3 N–H and O–H groups in total. The van der Waals surface area contributed by atoms with Gasteiger partial charge < -0.3 is 34.7 Å². The Kier molecular flexibility index (Phi) is 8.83. The van der Waals surface area contributed by atoms with E-state index in [1.54, 1.807) is 65.9 Å². The van der Waals surface area contributed by atoms with Crippen molar-refractivity contribution in [2.75, 3.05) is 46.6 Å². The Morgan fingerprint density at radius 1 is 0.722 bits per heavy atom. The van der Waals surface area contributed by atoms with Gasteiger partial charge in [0.15, 0.2) is 11.5 Å². The zero-order valence-electron chi connectivity index (χ0n) is 21.0. The lowest BCUT2D eigenvalue weighted by atomic mass is 10.1. The van der Waals surface area contributed by atoms with Crippen LogP contribution in [0, 0.1) is 0 Å². The molecule has 0 bridgehead atoms. The van der Waals surface area contributed by atoms with Crippen molar-refractivity contribution in [3.8, 4) is 28.7 Å². The molecule has 8 heteroatoms. The van der Waals surface area contributed by atoms with Crippen LogP contribution in [0.1, 0.15) is 16.7 Å². The molecule has 0 heterocycles. The first-order valence-corrected chi connectivity index (χ1v) is 11.0. The van der Waals surface area contributed by atoms with Crippen LogP contribution >= 0.6 is 0 Å². The molecular weight excluding hydrogens is 460 g/mol. The monoisotopic (exact) mass is 490 g/mol. The van der Waals surface area contributed by atoms with Crippen molar-refractivity contribution in [2.45, 2.75) is 0 Å². The van der Waals surface area contributed by atoms with Crippen LogP contribution in [0.2, 0.25) is 0 Å². The number of amides is 1. The molecule has 0 atom stereocenters. The minimum atomic E-state index is -0.294. The Morgan fingerprint density at radius 2 is 1.42 bits per heavy atom. The third-order valence-corrected chi connectivity index (χ3v) is 5.34. The molecule has 188 valence electrons. The second-order valence-corrected chi connectivity index (χ2v) is 7.57. The second kappa shape index (κ2) is 12.2. The van der Waals surface area contributed by atoms with E-state index in [0.717, 1.165) is 16.7 Å². The van der Waals surface area contributed by atoms with E-state index in [4.69, 9.17) is 29.4 Å². The largest absolute Gasteiger partial charge is 0.497 e. The van der Waals surface area contributed by atoms with Crippen LogP contribution in [0.15, 0.2) is 54.6 Å². The number of carbonyl (C=O) groups excluding carboxylic acids is 1. The summed E-state index contributed by atoms with van der Waals surface area (Å²) in [6.45, 7) is 0. The van der Waals surface area contributed by atoms with Crippen LogP contribution in [0.25, 0.3) is 18.2 Å². The maximum absolute atomic E-state index is 12.7. The first-order valence-electron chi connectivity index (χ1n) is 11.0. The molecule has 8 nitrogen and oxygen atoms in total. The number of nitrogens with one attached hydrogen (secondary N) is 1. The Morgan fingerprint density at radius 3 is 2.00 bits per heavy atom. The average Bonchev–Trinajstić information content (AvgIpc) is 2.90. The molecular formula is C28H30N2O6. The van der Waals surface area contributed by atoms with Gasteiger partial charge in [0.2, 0.25) is 11.7 Å². The molecule has 1 amide bonds. The van der Waals surface area contributed by atoms with Gasteiger partial charge in [-0.05, 0) is 59.7 Å². The van der Waals surface area contributed by atoms with Gasteiger partial charge in [-0.15, -0.1) is 0 Å². The van der Waals surface area contributed by atoms with Crippen molar-refractivity contribution in [3.63, 3.8) is 0 Å². The molecule has 0 fully saturated rings. The number of hydrogen-bond acceptors (Lipinski definition) is 7. The van der Waals surface area contributed by atoms with Crippen LogP contribution < -0.4 is 34.7 Å². The fourth-order valence-electron chi connectivity index (χ4n) is 3.51. The number of ether oxygens (including phenoxy) is 5. The van der Waals surface area contributed by atoms with Crippen LogP contribution in [0.4, 0.5) is 11.4 Å². The number of anilines is 2. The van der Waals surface area contributed by atoms with E-state index in [0.29, 0.717) is 40.1 Å². The van der Waals surface area contributed by atoms with Gasteiger partial charge in [0.05, 0.1) is 41.2 Å². The van der Waals surface area contributed by atoms with Gasteiger partial charge >= 0.3 is 0 Å². The summed E-state index contributed by atoms with van der Waals surface area (Å²) in [4.78, 5) is 12.7. The molecule has 3 rings (SSSR count). The van der Waals surface area contributed by atoms with Gasteiger partial charge in [-0.3, -0.25) is 4.79 Å². The van der Waals surface area contributed by atoms with E-state index in [-0.39, 0.29) is 5.91 Å². The highest BCUT2D eigenvalue weighted by Crippen LogP contribution is 2.38. The van der Waals surface area contributed by atoms with Crippen molar-refractivity contribution in [3.05, 3.63) is 71.3 Å². The van der Waals surface area contributed by atoms with Crippen molar-refractivity contribution in [2.24, 2.45) is 0 Å². The minimum Gasteiger partial charge on any atom is -0.497 e. The number of hydrogen-bond donors (Lipinski definition) is 2. The summed E-state index contributed by atoms with van der Waals surface area (Å²) in [7, 11) is 7.82. The van der Waals surface area contributed by atoms with Gasteiger partial charge in [0, 0.05) is 17.3 Å². The van der Waals surface area contributed by atoms with E-state index in [2.05, 4.69) is 5.32 Å². The summed E-state index contributed by atoms with van der Waals surface area (Å²) in [6.07, 6.45) is 6.87. The summed E-state index contributed by atoms with van der Waals surface area (Å²) in [5, 5.41) is 2.91. The molecule has 0 unspecified atom stereocenters. The number of benzene rings is 3. The van der Waals surface area contributed by atoms with Gasteiger partial charge in [-0.25, -0.2) is 0 Å². The standard InChI is InChI=1S/C28H30N2O6/c1-32-21-10-11-23(30-27(31)13-8-18-7-12-24(33-2)22(29)14-18)20(17-21)9-6-19-15-25(34-3)28(36-5)26(16-19)35-4/h6-17H,29H2,1-5H3,(H,30,31)/b9-6-,13-8-. The summed E-state index contributed by atoms with van der Waals surface area (Å²) in [5.41, 5.74) is 9.40. The number of rotatable bonds is 10. The highest BCUT2D eigenvalue weighted by Gasteiger charge is 2.12. The lowest BCUT2D eigenvalue weighted by Gasteiger charge is -2.13. The lowest BCUT2D eigenvalue weighted by molar-refractivity contribution is -0.111. The molecule has 0 spiro atoms. The van der Waals surface area contributed by atoms with Gasteiger partial charge in [0.25, 0.3) is 0 Å². The highest BCUT2D eigenvalue weighted by molar-refractivity contribution is 6.03. The Labute approximate surface area is 210 Å². The first-order chi connectivity index (χ1) is 17.4. The smallest absolute Gasteiger partial charge is 0.248 e. The third kappa shape index (κ3) is 6.29. The first kappa shape index (κ1) is 26.0. The van der Waals surface area contributed by atoms with Gasteiger partial charge in [-0.1, -0.05) is 18.2 Å². The second-order valence-electron chi connectivity index (χ2n) is 7.57. The highest BCUT2D eigenvalue weighted by atomic mass is 16.5. The molecule has 0 aromatic heterocycles. The SMILES string of the molecule is COc1ccc(NC(=O)/C=C\c2ccc(OC)c(N)c2)c(/C=C\c2cc(OC)c(OC)c(OC)c2)c1. The van der Waals surface area contributed by atoms with Crippen molar-refractivity contribution in [1.82, 2.24) is 0 Å². The summed E-state index contributed by atoms with van der Waals surface area (Å²) in [5.74, 6) is 2.54. The van der Waals surface area contributed by atoms with Crippen molar-refractivity contribution >= 4 is 35.5 Å². The zero-order chi connectivity index (χ0) is 26.1. The molecule has 3 aromatic rings. The number of carbonyl (C=O) groups is 1. The lowest BCUT2D eigenvalue weighted by Crippen LogP contribution is -2.09. The van der Waals surface area contributed by atoms with E-state index < -0.39 is 0 Å². The van der Waals surface area contributed by atoms with Crippen LogP contribution in [-0.4, -0.2) is 41.5 Å². The van der Waals surface area contributed by atoms with E-state index >= 15 is 0 Å². The fraction of sp³-hybridized carbons (Fsp3) is 0.179. The quantitative estimate of drug-likeness (QED) is 0.231. The predicted molar refractivity (Wildman–Crippen MR) is 143 cm³/mol. The number of nitrogen functional groups attached to an aromatic ring is 1. The zero-order valence-corrected chi connectivity index (χ0v) is 21.0. The normalized spacial score (nSPS) is 10.9. The molecule has 0 aliphatic carbocycles. The van der Waals surface area contributed by atoms with Gasteiger partial charge in [-0.2, -0.15) is 0 Å². The molecule has 3 aromatic carbocycles. The number of methoxy groups -OCH3 is 5. The maximum Gasteiger partial charge on any atom is 0.248 e. The summed E-state index contributed by atoms with van der Waals surface area (Å²) < 4.78 is 26.8. The topological polar surface area (TPSA) is 101 Å². The molecule has 0 radical (unpaired) electrons. The minimum absolute atomic E-state index is 0.294. The average molecular weight is 491 g/mol. The van der Waals surface area contributed by atoms with Crippen LogP contribution in [-0.2, 0) is 4.79 Å². The van der Waals surface area contributed by atoms with Gasteiger partial charge in [0.1, 0.15) is 11.5 Å². The summed E-state index contributed by atoms with van der Waals surface area (Å²) >= 11 is 0. The van der Waals surface area contributed by atoms with Crippen molar-refractivity contribution < 1.29 is 28.5 Å². The third-order valence-electron chi connectivity index (χ3n) is 5.34. The Hall–Kier alpha value is -4.59. The molecule has 0 saturated heterocycles. The van der Waals surface area contributed by atoms with E-state index in [1.807, 2.05) is 36.4 Å². The Bertz CT molecular complexity index is 1260. The van der Waals surface area contributed by atoms with Crippen LogP contribution in [0.3, 0.4) is 0 Å². The van der Waals surface area contributed by atoms with E-state index in [1.165, 1.54) is 6.08 Å². The predicted octanol–water partition coefficient (Wildman–Crippen LogP) is 5.13. The molecule has 0 saturated carbocycles. The van der Waals surface area contributed by atoms with E-state index in [9.17, 15) is 4.79 Å². The van der Waals surface area contributed by atoms with Crippen molar-refractivity contribution in [1.29, 1.82) is 0 Å². The fourth-order valence-corrected chi connectivity index (χ4v) is 3.51. The maximum atomic E-state index is 12.7. The summed E-state index contributed by atoms with van der Waals surface area (Å²) in [6, 6.07) is 14.4.